The van der Waals surface area contributed by atoms with Crippen molar-refractivity contribution in [2.45, 2.75) is 26.5 Å². The van der Waals surface area contributed by atoms with Gasteiger partial charge in [-0.25, -0.2) is 9.94 Å². The molecule has 0 saturated carbocycles. The molecule has 0 amide bonds. The summed E-state index contributed by atoms with van der Waals surface area (Å²) >= 11 is 0.312. The molecule has 0 spiro atoms. The highest BCUT2D eigenvalue weighted by molar-refractivity contribution is 7.94. The second kappa shape index (κ2) is 11.1. The lowest BCUT2D eigenvalue weighted by Gasteiger charge is -2.10. The Kier molecular flexibility index (Phi) is 8.21. The first-order valence-corrected chi connectivity index (χ1v) is 15.6. The second-order valence-electron chi connectivity index (χ2n) is 8.03. The van der Waals surface area contributed by atoms with Gasteiger partial charge in [0, 0.05) is 10.3 Å². The van der Waals surface area contributed by atoms with Gasteiger partial charge in [0.05, 0.1) is 28.3 Å². The Bertz CT molecular complexity index is 2090. The largest absolute Gasteiger partial charge is 0.299 e. The Morgan fingerprint density at radius 3 is 2.05 bits per heavy atom. The number of aromatic amines is 1. The van der Waals surface area contributed by atoms with Crippen molar-refractivity contribution in [2.24, 2.45) is 10.2 Å². The number of hydrogen-bond donors (Lipinski definition) is 5. The number of benzene rings is 3. The smallest absolute Gasteiger partial charge is 0.293 e. The van der Waals surface area contributed by atoms with Crippen molar-refractivity contribution < 1.29 is 53.5 Å². The van der Waals surface area contributed by atoms with Crippen molar-refractivity contribution in [1.29, 1.82) is 0 Å². The molecule has 17 nitrogen and oxygen atoms in total. The van der Waals surface area contributed by atoms with Crippen molar-refractivity contribution in [2.75, 3.05) is 0 Å². The zero-order valence-electron chi connectivity index (χ0n) is 20.1. The molecule has 4 aromatic rings. The van der Waals surface area contributed by atoms with Crippen molar-refractivity contribution >= 4 is 64.5 Å². The molecule has 0 aliphatic heterocycles. The fourth-order valence-electron chi connectivity index (χ4n) is 3.63. The van der Waals surface area contributed by atoms with Crippen LogP contribution in [0.15, 0.2) is 83.1 Å². The van der Waals surface area contributed by atoms with E-state index in [4.69, 9.17) is 9.81 Å². The van der Waals surface area contributed by atoms with Gasteiger partial charge in [-0.05, 0) is 60.8 Å². The van der Waals surface area contributed by atoms with Crippen LogP contribution in [-0.4, -0.2) is 53.9 Å². The molecule has 0 radical (unpaired) electrons. The average molecular weight is 649 g/mol. The standard InChI is InChI=1S/C20H16N4O13S4/c1-10-19(20(25)24(23-10)12-2-4-14(5-3-12)39(27,28)29)22-21-16-9-15-11(7-18(16)41(33,34)35)6-13(38-37-36-26)8-17(15)40(30,31)32/h2-9,23,26H,1H3,(H,27,28,29)(H,30,31,32)(H,33,34,35). The topological polar surface area (TPSA) is 264 Å². The lowest BCUT2D eigenvalue weighted by atomic mass is 10.1. The quantitative estimate of drug-likeness (QED) is 0.0574. The zero-order valence-corrected chi connectivity index (χ0v) is 23.3. The third kappa shape index (κ3) is 6.54. The van der Waals surface area contributed by atoms with Gasteiger partial charge in [-0.1, -0.05) is 5.04 Å². The van der Waals surface area contributed by atoms with E-state index < -0.39 is 56.3 Å². The minimum absolute atomic E-state index is 0.0667. The van der Waals surface area contributed by atoms with Crippen molar-refractivity contribution in [3.63, 3.8) is 0 Å². The lowest BCUT2D eigenvalue weighted by Crippen LogP contribution is -2.14. The van der Waals surface area contributed by atoms with Crippen LogP contribution in [0.5, 0.6) is 0 Å². The predicted octanol–water partition coefficient (Wildman–Crippen LogP) is 3.21. The van der Waals surface area contributed by atoms with Gasteiger partial charge in [0.25, 0.3) is 35.9 Å². The Labute approximate surface area is 234 Å². The number of fused-ring (bicyclic) bond motifs is 1. The lowest BCUT2D eigenvalue weighted by molar-refractivity contribution is -0.432. The number of rotatable bonds is 9. The van der Waals surface area contributed by atoms with Crippen LogP contribution < -0.4 is 5.56 Å². The molecule has 0 fully saturated rings. The summed E-state index contributed by atoms with van der Waals surface area (Å²) in [5.41, 5.74) is -1.50. The van der Waals surface area contributed by atoms with Crippen LogP contribution in [0.4, 0.5) is 11.4 Å². The number of hydrogen-bond acceptors (Lipinski definition) is 13. The van der Waals surface area contributed by atoms with Crippen LogP contribution in [0, 0.1) is 6.92 Å². The summed E-state index contributed by atoms with van der Waals surface area (Å²) in [4.78, 5) is 10.9. The van der Waals surface area contributed by atoms with Gasteiger partial charge in [0.2, 0.25) is 0 Å². The molecule has 0 saturated heterocycles. The highest BCUT2D eigenvalue weighted by atomic mass is 32.2. The third-order valence-corrected chi connectivity index (χ3v) is 8.58. The summed E-state index contributed by atoms with van der Waals surface area (Å²) in [6, 6.07) is 8.32. The molecule has 218 valence electrons. The minimum atomic E-state index is -5.01. The summed E-state index contributed by atoms with van der Waals surface area (Å²) in [6.45, 7) is 1.41. The molecule has 4 rings (SSSR count). The summed E-state index contributed by atoms with van der Waals surface area (Å²) in [5, 5.41) is 21.6. The first-order valence-electron chi connectivity index (χ1n) is 10.5. The predicted molar refractivity (Wildman–Crippen MR) is 139 cm³/mol. The van der Waals surface area contributed by atoms with Gasteiger partial charge >= 0.3 is 0 Å². The molecule has 0 aliphatic rings. The fraction of sp³-hybridized carbons (Fsp3) is 0.0500. The van der Waals surface area contributed by atoms with Crippen LogP contribution in [0.3, 0.4) is 0 Å². The Morgan fingerprint density at radius 2 is 1.49 bits per heavy atom. The summed E-state index contributed by atoms with van der Waals surface area (Å²) in [5.74, 6) is 0. The van der Waals surface area contributed by atoms with E-state index in [1.807, 2.05) is 0 Å². The molecule has 41 heavy (non-hydrogen) atoms. The van der Waals surface area contributed by atoms with E-state index in [2.05, 4.69) is 24.7 Å². The third-order valence-electron chi connectivity index (χ3n) is 5.38. The van der Waals surface area contributed by atoms with Gasteiger partial charge < -0.3 is 0 Å². The second-order valence-corrected chi connectivity index (χ2v) is 13.0. The van der Waals surface area contributed by atoms with Crippen LogP contribution >= 0.6 is 12.0 Å². The maximum absolute atomic E-state index is 13.0. The van der Waals surface area contributed by atoms with E-state index >= 15 is 0 Å². The van der Waals surface area contributed by atoms with E-state index in [0.29, 0.717) is 12.0 Å². The molecule has 21 heteroatoms. The molecule has 0 atom stereocenters. The Balaban J connectivity index is 1.87. The number of nitrogens with one attached hydrogen (secondary N) is 1. The number of nitrogens with zero attached hydrogens (tertiary/aromatic N) is 3. The Hall–Kier alpha value is -3.51. The highest BCUT2D eigenvalue weighted by Gasteiger charge is 2.23. The van der Waals surface area contributed by atoms with Gasteiger partial charge in [0.15, 0.2) is 5.69 Å². The molecule has 0 bridgehead atoms. The van der Waals surface area contributed by atoms with Gasteiger partial charge in [-0.2, -0.15) is 25.3 Å². The van der Waals surface area contributed by atoms with Crippen molar-refractivity contribution in [3.8, 4) is 5.69 Å². The average Bonchev–Trinajstić information content (AvgIpc) is 3.16. The SMILES string of the molecule is Cc1[nH]n(-c2ccc(S(=O)(=O)O)cc2)c(=O)c1N=Nc1cc2c(S(=O)(=O)O)cc(SOOO)cc2cc1S(=O)(=O)O. The minimum Gasteiger partial charge on any atom is -0.293 e. The number of H-pyrrole nitrogens is 1. The van der Waals surface area contributed by atoms with Crippen LogP contribution in [0.25, 0.3) is 16.5 Å². The van der Waals surface area contributed by atoms with E-state index in [1.165, 1.54) is 25.1 Å². The van der Waals surface area contributed by atoms with Crippen LogP contribution in [0.2, 0.25) is 0 Å². The summed E-state index contributed by atoms with van der Waals surface area (Å²) < 4.78 is 105. The summed E-state index contributed by atoms with van der Waals surface area (Å²) in [6.07, 6.45) is 0. The normalized spacial score (nSPS) is 12.9. The molecular weight excluding hydrogens is 633 g/mol. The van der Waals surface area contributed by atoms with Crippen LogP contribution in [0.1, 0.15) is 5.69 Å². The fourth-order valence-corrected chi connectivity index (χ4v) is 6.00. The number of azo groups is 1. The number of aromatic nitrogens is 2. The van der Waals surface area contributed by atoms with Gasteiger partial charge in [0.1, 0.15) is 15.5 Å². The molecule has 5 N–H and O–H groups in total. The van der Waals surface area contributed by atoms with Crippen LogP contribution in [-0.2, 0) is 39.7 Å². The van der Waals surface area contributed by atoms with Gasteiger partial charge in [-0.3, -0.25) is 23.6 Å². The molecule has 1 aromatic heterocycles. The van der Waals surface area contributed by atoms with E-state index in [1.54, 1.807) is 0 Å². The molecular formula is C20H16N4O13S4. The summed E-state index contributed by atoms with van der Waals surface area (Å²) in [7, 11) is -14.4. The molecule has 3 aromatic carbocycles. The molecule has 0 aliphatic carbocycles. The number of aryl methyl sites for hydroxylation is 1. The first-order chi connectivity index (χ1) is 19.0. The maximum Gasteiger partial charge on any atom is 0.299 e. The first kappa shape index (κ1) is 30.4. The highest BCUT2D eigenvalue weighted by Crippen LogP contribution is 2.37. The maximum atomic E-state index is 13.0. The van der Waals surface area contributed by atoms with Crippen molar-refractivity contribution in [3.05, 3.63) is 64.6 Å². The van der Waals surface area contributed by atoms with E-state index in [0.717, 1.165) is 35.0 Å². The molecule has 0 unspecified atom stereocenters. The van der Waals surface area contributed by atoms with E-state index in [-0.39, 0.29) is 32.7 Å². The monoisotopic (exact) mass is 648 g/mol. The molecule has 1 heterocycles. The Morgan fingerprint density at radius 1 is 0.854 bits per heavy atom. The van der Waals surface area contributed by atoms with Gasteiger partial charge in [-0.15, -0.1) is 14.6 Å². The van der Waals surface area contributed by atoms with Crippen molar-refractivity contribution in [1.82, 2.24) is 9.78 Å². The zero-order chi connectivity index (χ0) is 30.3. The van der Waals surface area contributed by atoms with E-state index in [9.17, 15) is 39.2 Å².